The first-order valence-corrected chi connectivity index (χ1v) is 6.00. The second kappa shape index (κ2) is 4.12. The summed E-state index contributed by atoms with van der Waals surface area (Å²) in [7, 11) is 3.72. The highest BCUT2D eigenvalue weighted by Gasteiger charge is 2.23. The number of rotatable bonds is 1. The molecule has 2 rings (SSSR count). The lowest BCUT2D eigenvalue weighted by Crippen LogP contribution is -2.42. The number of aryl methyl sites for hydroxylation is 1. The molecule has 0 fully saturated rings. The van der Waals surface area contributed by atoms with Gasteiger partial charge in [-0.2, -0.15) is 5.10 Å². The second-order valence-corrected chi connectivity index (χ2v) is 5.58. The van der Waals surface area contributed by atoms with Gasteiger partial charge < -0.3 is 4.90 Å². The van der Waals surface area contributed by atoms with Crippen molar-refractivity contribution < 1.29 is 4.79 Å². The van der Waals surface area contributed by atoms with Gasteiger partial charge in [0.15, 0.2) is 0 Å². The van der Waals surface area contributed by atoms with Crippen molar-refractivity contribution in [1.82, 2.24) is 14.7 Å². The summed E-state index contributed by atoms with van der Waals surface area (Å²) in [5, 5.41) is 5.17. The van der Waals surface area contributed by atoms with Gasteiger partial charge in [-0.3, -0.25) is 9.48 Å². The predicted octanol–water partition coefficient (Wildman–Crippen LogP) is 2.44. The van der Waals surface area contributed by atoms with Gasteiger partial charge >= 0.3 is 0 Å². The lowest BCUT2D eigenvalue weighted by molar-refractivity contribution is 0.0656. The first-order chi connectivity index (χ1) is 8.30. The molecule has 0 saturated carbocycles. The van der Waals surface area contributed by atoms with Crippen LogP contribution in [-0.2, 0) is 7.05 Å². The molecule has 18 heavy (non-hydrogen) atoms. The molecule has 96 valence electrons. The maximum absolute atomic E-state index is 12.3. The minimum absolute atomic E-state index is 0.0354. The maximum atomic E-state index is 12.3. The zero-order chi connectivity index (χ0) is 13.5. The quantitative estimate of drug-likeness (QED) is 0.774. The van der Waals surface area contributed by atoms with E-state index in [-0.39, 0.29) is 11.4 Å². The average molecular weight is 245 g/mol. The van der Waals surface area contributed by atoms with Crippen molar-refractivity contribution in [3.05, 3.63) is 30.0 Å². The lowest BCUT2D eigenvalue weighted by Gasteiger charge is -2.32. The van der Waals surface area contributed by atoms with E-state index in [1.54, 1.807) is 15.8 Å². The van der Waals surface area contributed by atoms with Gasteiger partial charge in [0.2, 0.25) is 0 Å². The van der Waals surface area contributed by atoms with Gasteiger partial charge in [-0.05, 0) is 39.0 Å². The number of hydrogen-bond acceptors (Lipinski definition) is 2. The number of amides is 1. The summed E-state index contributed by atoms with van der Waals surface area (Å²) in [4.78, 5) is 14.1. The monoisotopic (exact) mass is 245 g/mol. The zero-order valence-corrected chi connectivity index (χ0v) is 11.6. The second-order valence-electron chi connectivity index (χ2n) is 5.58. The molecule has 0 saturated heterocycles. The molecule has 0 bridgehead atoms. The molecule has 1 heterocycles. The fourth-order valence-corrected chi connectivity index (χ4v) is 1.79. The van der Waals surface area contributed by atoms with Crippen LogP contribution in [0, 0.1) is 0 Å². The molecule has 4 heteroatoms. The maximum Gasteiger partial charge on any atom is 0.254 e. The summed E-state index contributed by atoms with van der Waals surface area (Å²) in [6.45, 7) is 6.06. The third kappa shape index (κ3) is 2.10. The van der Waals surface area contributed by atoms with E-state index in [4.69, 9.17) is 0 Å². The minimum atomic E-state index is -0.180. The van der Waals surface area contributed by atoms with Crippen molar-refractivity contribution in [2.45, 2.75) is 26.3 Å². The van der Waals surface area contributed by atoms with Gasteiger partial charge in [-0.15, -0.1) is 0 Å². The molecule has 0 N–H and O–H groups in total. The largest absolute Gasteiger partial charge is 0.337 e. The SMILES string of the molecule is CN(C(=O)c1ccc2c(cnn2C)c1)C(C)(C)C. The van der Waals surface area contributed by atoms with E-state index in [9.17, 15) is 4.79 Å². The third-order valence-corrected chi connectivity index (χ3v) is 3.30. The molecule has 2 aromatic rings. The number of hydrogen-bond donors (Lipinski definition) is 0. The van der Waals surface area contributed by atoms with Gasteiger partial charge in [0, 0.05) is 30.6 Å². The molecule has 0 aliphatic rings. The number of nitrogens with zero attached hydrogens (tertiary/aromatic N) is 3. The molecule has 1 amide bonds. The van der Waals surface area contributed by atoms with E-state index in [2.05, 4.69) is 5.10 Å². The fraction of sp³-hybridized carbons (Fsp3) is 0.429. The van der Waals surface area contributed by atoms with Crippen molar-refractivity contribution >= 4 is 16.8 Å². The van der Waals surface area contributed by atoms with E-state index >= 15 is 0 Å². The summed E-state index contributed by atoms with van der Waals surface area (Å²) >= 11 is 0. The van der Waals surface area contributed by atoms with Crippen molar-refractivity contribution in [1.29, 1.82) is 0 Å². The van der Waals surface area contributed by atoms with Crippen LogP contribution >= 0.6 is 0 Å². The Labute approximate surface area is 107 Å². The van der Waals surface area contributed by atoms with Crippen LogP contribution in [0.3, 0.4) is 0 Å². The molecule has 1 aromatic carbocycles. The zero-order valence-electron chi connectivity index (χ0n) is 11.6. The van der Waals surface area contributed by atoms with Crippen LogP contribution in [0.1, 0.15) is 31.1 Å². The molecule has 1 aromatic heterocycles. The summed E-state index contributed by atoms with van der Waals surface area (Å²) < 4.78 is 1.80. The van der Waals surface area contributed by atoms with Gasteiger partial charge in [0.1, 0.15) is 0 Å². The molecular weight excluding hydrogens is 226 g/mol. The molecule has 0 aliphatic carbocycles. The summed E-state index contributed by atoms with van der Waals surface area (Å²) in [6.07, 6.45) is 1.78. The Morgan fingerprint density at radius 1 is 1.33 bits per heavy atom. The standard InChI is InChI=1S/C14H19N3O/c1-14(2,3)16(4)13(18)10-6-7-12-11(8-10)9-15-17(12)5/h6-9H,1-5H3. The molecule has 0 radical (unpaired) electrons. The lowest BCUT2D eigenvalue weighted by atomic mass is 10.0. The Morgan fingerprint density at radius 3 is 2.61 bits per heavy atom. The van der Waals surface area contributed by atoms with Crippen molar-refractivity contribution in [3.63, 3.8) is 0 Å². The van der Waals surface area contributed by atoms with Crippen molar-refractivity contribution in [2.75, 3.05) is 7.05 Å². The molecule has 0 atom stereocenters. The van der Waals surface area contributed by atoms with Crippen molar-refractivity contribution in [2.24, 2.45) is 7.05 Å². The van der Waals surface area contributed by atoms with E-state index in [0.29, 0.717) is 5.56 Å². The number of carbonyl (C=O) groups excluding carboxylic acids is 1. The molecule has 0 unspecified atom stereocenters. The highest BCUT2D eigenvalue weighted by Crippen LogP contribution is 2.19. The number of carbonyl (C=O) groups is 1. The van der Waals surface area contributed by atoms with Crippen LogP contribution in [0.25, 0.3) is 10.9 Å². The van der Waals surface area contributed by atoms with Gasteiger partial charge in [-0.1, -0.05) is 0 Å². The average Bonchev–Trinajstić information content (AvgIpc) is 2.67. The summed E-state index contributed by atoms with van der Waals surface area (Å²) in [5.74, 6) is 0.0354. The number of aromatic nitrogens is 2. The molecule has 0 aliphatic heterocycles. The van der Waals surface area contributed by atoms with E-state index < -0.39 is 0 Å². The summed E-state index contributed by atoms with van der Waals surface area (Å²) in [6, 6.07) is 5.69. The topological polar surface area (TPSA) is 38.1 Å². The van der Waals surface area contributed by atoms with Crippen LogP contribution < -0.4 is 0 Å². The van der Waals surface area contributed by atoms with Crippen LogP contribution in [0.2, 0.25) is 0 Å². The van der Waals surface area contributed by atoms with Gasteiger partial charge in [-0.25, -0.2) is 0 Å². The molecule has 4 nitrogen and oxygen atoms in total. The Morgan fingerprint density at radius 2 is 2.00 bits per heavy atom. The highest BCUT2D eigenvalue weighted by molar-refractivity contribution is 5.98. The first kappa shape index (κ1) is 12.6. The Balaban J connectivity index is 2.40. The minimum Gasteiger partial charge on any atom is -0.337 e. The Hall–Kier alpha value is -1.84. The predicted molar refractivity (Wildman–Crippen MR) is 72.6 cm³/mol. The normalized spacial score (nSPS) is 11.8. The Bertz CT molecular complexity index is 593. The van der Waals surface area contributed by atoms with Gasteiger partial charge in [0.25, 0.3) is 5.91 Å². The van der Waals surface area contributed by atoms with Gasteiger partial charge in [0.05, 0.1) is 11.7 Å². The van der Waals surface area contributed by atoms with E-state index in [1.807, 2.05) is 53.1 Å². The van der Waals surface area contributed by atoms with Crippen LogP contribution in [0.4, 0.5) is 0 Å². The summed E-state index contributed by atoms with van der Waals surface area (Å²) in [5.41, 5.74) is 1.55. The molecule has 0 spiro atoms. The smallest absolute Gasteiger partial charge is 0.254 e. The number of benzene rings is 1. The van der Waals surface area contributed by atoms with E-state index in [0.717, 1.165) is 10.9 Å². The van der Waals surface area contributed by atoms with Crippen LogP contribution in [-0.4, -0.2) is 33.2 Å². The van der Waals surface area contributed by atoms with Crippen LogP contribution in [0.5, 0.6) is 0 Å². The molecular formula is C14H19N3O. The Kier molecular flexibility index (Phi) is 2.89. The van der Waals surface area contributed by atoms with Crippen molar-refractivity contribution in [3.8, 4) is 0 Å². The van der Waals surface area contributed by atoms with Crippen LogP contribution in [0.15, 0.2) is 24.4 Å². The first-order valence-electron chi connectivity index (χ1n) is 6.00. The third-order valence-electron chi connectivity index (χ3n) is 3.30. The number of fused-ring (bicyclic) bond motifs is 1. The van der Waals surface area contributed by atoms with E-state index in [1.165, 1.54) is 0 Å². The highest BCUT2D eigenvalue weighted by atomic mass is 16.2. The fourth-order valence-electron chi connectivity index (χ4n) is 1.79.